The third-order valence-corrected chi connectivity index (χ3v) is 4.99. The molecule has 1 fully saturated rings. The van der Waals surface area contributed by atoms with E-state index in [0.29, 0.717) is 23.6 Å². The largest absolute Gasteiger partial charge is 0.325 e. The van der Waals surface area contributed by atoms with Gasteiger partial charge in [-0.05, 0) is 56.9 Å². The van der Waals surface area contributed by atoms with E-state index in [1.54, 1.807) is 24.3 Å². The van der Waals surface area contributed by atoms with Crippen molar-refractivity contribution in [3.05, 3.63) is 58.1 Å². The average molecular weight is 357 g/mol. The molecular weight excluding hydrogens is 336 g/mol. The molecule has 0 heterocycles. The van der Waals surface area contributed by atoms with Crippen LogP contribution in [-0.2, 0) is 9.59 Å². The molecule has 1 aliphatic rings. The fraction of sp³-hybridized carbons (Fsp3) is 0.300. The number of benzene rings is 2. The monoisotopic (exact) mass is 356 g/mol. The first-order valence-electron chi connectivity index (χ1n) is 8.29. The van der Waals surface area contributed by atoms with Crippen molar-refractivity contribution in [3.8, 4) is 0 Å². The fourth-order valence-electron chi connectivity index (χ4n) is 3.10. The highest BCUT2D eigenvalue weighted by molar-refractivity contribution is 6.34. The molecule has 25 heavy (non-hydrogen) atoms. The molecule has 0 radical (unpaired) electrons. The zero-order valence-electron chi connectivity index (χ0n) is 14.6. The minimum Gasteiger partial charge on any atom is -0.325 e. The molecule has 2 aromatic rings. The molecule has 0 spiro atoms. The zero-order valence-corrected chi connectivity index (χ0v) is 15.3. The second kappa shape index (κ2) is 6.52. The molecule has 1 saturated carbocycles. The van der Waals surface area contributed by atoms with Gasteiger partial charge in [0.25, 0.3) is 0 Å². The van der Waals surface area contributed by atoms with Gasteiger partial charge in [0.1, 0.15) is 5.41 Å². The van der Waals surface area contributed by atoms with Crippen LogP contribution in [0.15, 0.2) is 36.4 Å². The van der Waals surface area contributed by atoms with Crippen LogP contribution < -0.4 is 10.6 Å². The lowest BCUT2D eigenvalue weighted by Crippen LogP contribution is -2.36. The Morgan fingerprint density at radius 2 is 1.52 bits per heavy atom. The molecule has 4 nitrogen and oxygen atoms in total. The molecule has 0 aliphatic heterocycles. The van der Waals surface area contributed by atoms with Gasteiger partial charge in [0, 0.05) is 5.69 Å². The first kappa shape index (κ1) is 17.5. The van der Waals surface area contributed by atoms with E-state index in [9.17, 15) is 9.59 Å². The molecule has 0 aromatic heterocycles. The summed E-state index contributed by atoms with van der Waals surface area (Å²) in [5.41, 5.74) is 3.43. The highest BCUT2D eigenvalue weighted by atomic mass is 35.5. The van der Waals surface area contributed by atoms with Gasteiger partial charge < -0.3 is 10.6 Å². The smallest absolute Gasteiger partial charge is 0.240 e. The van der Waals surface area contributed by atoms with Crippen LogP contribution in [0.25, 0.3) is 0 Å². The maximum Gasteiger partial charge on any atom is 0.240 e. The molecule has 2 amide bonds. The van der Waals surface area contributed by atoms with Gasteiger partial charge in [-0.15, -0.1) is 0 Å². The van der Waals surface area contributed by atoms with Crippen LogP contribution >= 0.6 is 11.6 Å². The predicted octanol–water partition coefficient (Wildman–Crippen LogP) is 4.62. The first-order chi connectivity index (χ1) is 11.8. The second-order valence-electron chi connectivity index (χ2n) is 6.74. The maximum absolute atomic E-state index is 12.8. The lowest BCUT2D eigenvalue weighted by molar-refractivity contribution is -0.131. The Balaban J connectivity index is 1.78. The number of halogens is 1. The van der Waals surface area contributed by atoms with E-state index in [1.165, 1.54) is 0 Å². The summed E-state index contributed by atoms with van der Waals surface area (Å²) in [6, 6.07) is 11.1. The van der Waals surface area contributed by atoms with E-state index in [2.05, 4.69) is 10.6 Å². The van der Waals surface area contributed by atoms with Crippen molar-refractivity contribution in [1.82, 2.24) is 0 Å². The maximum atomic E-state index is 12.8. The Morgan fingerprint density at radius 3 is 2.08 bits per heavy atom. The van der Waals surface area contributed by atoms with Gasteiger partial charge >= 0.3 is 0 Å². The van der Waals surface area contributed by atoms with Crippen molar-refractivity contribution in [3.63, 3.8) is 0 Å². The molecule has 0 saturated heterocycles. The van der Waals surface area contributed by atoms with E-state index in [4.69, 9.17) is 11.6 Å². The van der Waals surface area contributed by atoms with E-state index in [1.807, 2.05) is 32.9 Å². The molecule has 0 atom stereocenters. The van der Waals surface area contributed by atoms with Gasteiger partial charge in [0.2, 0.25) is 11.8 Å². The number of hydrogen-bond donors (Lipinski definition) is 2. The molecule has 0 unspecified atom stereocenters. The van der Waals surface area contributed by atoms with Crippen molar-refractivity contribution >= 4 is 34.8 Å². The fourth-order valence-corrected chi connectivity index (χ4v) is 3.28. The van der Waals surface area contributed by atoms with Crippen molar-refractivity contribution in [2.24, 2.45) is 5.41 Å². The van der Waals surface area contributed by atoms with Crippen LogP contribution in [0, 0.1) is 26.2 Å². The highest BCUT2D eigenvalue weighted by Gasteiger charge is 2.56. The molecule has 0 bridgehead atoms. The van der Waals surface area contributed by atoms with Gasteiger partial charge in [0.05, 0.1) is 10.7 Å². The predicted molar refractivity (Wildman–Crippen MR) is 101 cm³/mol. The van der Waals surface area contributed by atoms with Gasteiger partial charge in [-0.1, -0.05) is 41.4 Å². The summed E-state index contributed by atoms with van der Waals surface area (Å²) in [6.07, 6.45) is 1.08. The van der Waals surface area contributed by atoms with Crippen LogP contribution in [0.4, 0.5) is 11.4 Å². The molecule has 2 N–H and O–H groups in total. The molecule has 5 heteroatoms. The van der Waals surface area contributed by atoms with Crippen LogP contribution in [0.5, 0.6) is 0 Å². The van der Waals surface area contributed by atoms with E-state index in [-0.39, 0.29) is 11.8 Å². The van der Waals surface area contributed by atoms with Crippen molar-refractivity contribution < 1.29 is 9.59 Å². The molecule has 1 aliphatic carbocycles. The Kier molecular flexibility index (Phi) is 4.56. The average Bonchev–Trinajstić information content (AvgIpc) is 3.34. The molecule has 2 aromatic carbocycles. The van der Waals surface area contributed by atoms with E-state index in [0.717, 1.165) is 22.4 Å². The number of amides is 2. The lowest BCUT2D eigenvalue weighted by atomic mass is 10.0. The number of carbonyl (C=O) groups excluding carboxylic acids is 2. The van der Waals surface area contributed by atoms with Crippen molar-refractivity contribution in [2.45, 2.75) is 33.6 Å². The number of nitrogens with one attached hydrogen (secondary N) is 2. The standard InChI is InChI=1S/C20H21ClN2O2/c1-12-10-13(2)17(14(3)11-12)23-19(25)20(8-9-20)18(24)22-16-7-5-4-6-15(16)21/h4-7,10-11H,8-9H2,1-3H3,(H,22,24)(H,23,25). The number of anilines is 2. The normalized spacial score (nSPS) is 14.7. The van der Waals surface area contributed by atoms with Crippen LogP contribution in [0.2, 0.25) is 5.02 Å². The summed E-state index contributed by atoms with van der Waals surface area (Å²) in [5, 5.41) is 6.20. The van der Waals surface area contributed by atoms with Crippen molar-refractivity contribution in [1.29, 1.82) is 0 Å². The number of rotatable bonds is 4. The Hall–Kier alpha value is -2.33. The van der Waals surface area contributed by atoms with Gasteiger partial charge in [-0.2, -0.15) is 0 Å². The van der Waals surface area contributed by atoms with Crippen LogP contribution in [0.1, 0.15) is 29.5 Å². The topological polar surface area (TPSA) is 58.2 Å². The van der Waals surface area contributed by atoms with Gasteiger partial charge in [0.15, 0.2) is 0 Å². The lowest BCUT2D eigenvalue weighted by Gasteiger charge is -2.18. The summed E-state index contributed by atoms with van der Waals surface area (Å²) < 4.78 is 0. The van der Waals surface area contributed by atoms with Crippen LogP contribution in [0.3, 0.4) is 0 Å². The summed E-state index contributed by atoms with van der Waals surface area (Å²) in [6.45, 7) is 5.93. The van der Waals surface area contributed by atoms with E-state index < -0.39 is 5.41 Å². The number of para-hydroxylation sites is 1. The number of aryl methyl sites for hydroxylation is 3. The zero-order chi connectivity index (χ0) is 18.2. The van der Waals surface area contributed by atoms with Gasteiger partial charge in [-0.3, -0.25) is 9.59 Å². The Morgan fingerprint density at radius 1 is 0.960 bits per heavy atom. The van der Waals surface area contributed by atoms with Crippen LogP contribution in [-0.4, -0.2) is 11.8 Å². The SMILES string of the molecule is Cc1cc(C)c(NC(=O)C2(C(=O)Nc3ccccc3Cl)CC2)c(C)c1. The number of hydrogen-bond acceptors (Lipinski definition) is 2. The summed E-state index contributed by atoms with van der Waals surface area (Å²) >= 11 is 6.09. The Bertz CT molecular complexity index is 834. The van der Waals surface area contributed by atoms with Gasteiger partial charge in [-0.25, -0.2) is 0 Å². The minimum atomic E-state index is -1.01. The molecule has 3 rings (SSSR count). The summed E-state index contributed by atoms with van der Waals surface area (Å²) in [4.78, 5) is 25.5. The molecule has 130 valence electrons. The minimum absolute atomic E-state index is 0.257. The van der Waals surface area contributed by atoms with Crippen molar-refractivity contribution in [2.75, 3.05) is 10.6 Å². The summed E-state index contributed by atoms with van der Waals surface area (Å²) in [5.74, 6) is -0.562. The quantitative estimate of drug-likeness (QED) is 0.785. The number of carbonyl (C=O) groups is 2. The molecular formula is C20H21ClN2O2. The Labute approximate surface area is 152 Å². The summed E-state index contributed by atoms with van der Waals surface area (Å²) in [7, 11) is 0. The first-order valence-corrected chi connectivity index (χ1v) is 8.66. The third-order valence-electron chi connectivity index (χ3n) is 4.66. The second-order valence-corrected chi connectivity index (χ2v) is 7.15. The van der Waals surface area contributed by atoms with E-state index >= 15 is 0 Å². The highest BCUT2D eigenvalue weighted by Crippen LogP contribution is 2.48. The third kappa shape index (κ3) is 3.40.